The molecule has 312 valence electrons. The topological polar surface area (TPSA) is 171 Å². The third-order valence-corrected chi connectivity index (χ3v) is 10.3. The van der Waals surface area contributed by atoms with Gasteiger partial charge in [0.25, 0.3) is 0 Å². The fourth-order valence-corrected chi connectivity index (χ4v) is 7.04. The van der Waals surface area contributed by atoms with Crippen molar-refractivity contribution in [1.29, 1.82) is 0 Å². The minimum Gasteiger partial charge on any atom is -0.508 e. The Hall–Kier alpha value is -6.95. The van der Waals surface area contributed by atoms with Gasteiger partial charge in [0.05, 0.1) is 6.42 Å². The van der Waals surface area contributed by atoms with Crippen LogP contribution in [0.25, 0.3) is 13.2 Å². The molecule has 12 heteroatoms. The maximum absolute atomic E-state index is 14.3. The van der Waals surface area contributed by atoms with Crippen LogP contribution in [-0.4, -0.2) is 57.3 Å². The van der Waals surface area contributed by atoms with Gasteiger partial charge in [0.2, 0.25) is 29.5 Å². The Labute approximate surface area is 350 Å². The summed E-state index contributed by atoms with van der Waals surface area (Å²) in [6, 6.07) is 34.6. The van der Waals surface area contributed by atoms with Crippen molar-refractivity contribution < 1.29 is 29.1 Å². The van der Waals surface area contributed by atoms with Crippen LogP contribution in [0, 0.1) is 0 Å². The summed E-state index contributed by atoms with van der Waals surface area (Å²) in [5.74, 6) is -2.85. The molecule has 12 nitrogen and oxygen atoms in total. The van der Waals surface area contributed by atoms with E-state index in [1.54, 1.807) is 0 Å². The first-order valence-electron chi connectivity index (χ1n) is 20.2. The second kappa shape index (κ2) is 21.2. The van der Waals surface area contributed by atoms with Gasteiger partial charge < -0.3 is 36.3 Å². The van der Waals surface area contributed by atoms with Crippen molar-refractivity contribution >= 4 is 48.4 Å². The molecule has 0 saturated heterocycles. The number of hydrogen-bond acceptors (Lipinski definition) is 6. The number of anilines is 1. The van der Waals surface area contributed by atoms with Crippen LogP contribution in [-0.2, 0) is 36.1 Å². The molecule has 0 aliphatic rings. The van der Waals surface area contributed by atoms with Gasteiger partial charge in [-0.3, -0.25) is 24.0 Å². The lowest BCUT2D eigenvalue weighted by Gasteiger charge is -2.37. The largest absolute Gasteiger partial charge is 0.508 e. The zero-order chi connectivity index (χ0) is 43.1. The molecule has 0 fully saturated rings. The molecule has 3 atom stereocenters. The summed E-state index contributed by atoms with van der Waals surface area (Å²) < 4.78 is 2.06. The van der Waals surface area contributed by atoms with E-state index in [4.69, 9.17) is 0 Å². The van der Waals surface area contributed by atoms with Gasteiger partial charge in [-0.1, -0.05) is 117 Å². The molecule has 5 rings (SSSR count). The van der Waals surface area contributed by atoms with E-state index in [2.05, 4.69) is 44.3 Å². The molecule has 5 aromatic rings. The third-order valence-electron chi connectivity index (χ3n) is 10.3. The van der Waals surface area contributed by atoms with E-state index in [1.165, 1.54) is 38.1 Å². The summed E-state index contributed by atoms with van der Waals surface area (Å²) in [6.45, 7) is 11.8. The van der Waals surface area contributed by atoms with Crippen molar-refractivity contribution in [2.45, 2.75) is 82.6 Å². The highest BCUT2D eigenvalue weighted by molar-refractivity contribution is 6.01. The normalized spacial score (nSPS) is 12.6. The van der Waals surface area contributed by atoms with E-state index in [9.17, 15) is 29.1 Å². The van der Waals surface area contributed by atoms with Crippen molar-refractivity contribution in [3.05, 3.63) is 155 Å². The molecule has 0 aliphatic heterocycles. The summed E-state index contributed by atoms with van der Waals surface area (Å²) in [7, 11) is 0. The van der Waals surface area contributed by atoms with Gasteiger partial charge in [-0.2, -0.15) is 0 Å². The molecule has 60 heavy (non-hydrogen) atoms. The second-order valence-electron chi connectivity index (χ2n) is 14.8. The van der Waals surface area contributed by atoms with E-state index < -0.39 is 53.7 Å². The number of nitrogens with zero attached hydrogens (tertiary/aromatic N) is 1. The first-order chi connectivity index (χ1) is 28.9. The van der Waals surface area contributed by atoms with E-state index >= 15 is 0 Å². The highest BCUT2D eigenvalue weighted by atomic mass is 16.3. The number of phenolic OH excluding ortho intramolecular Hbond substituents is 1. The standard InChI is InChI=1S/C48H54N6O6/c1-33-25-26-34(2)54(33)31-17-6-5-16-24-43(56)49-35(3)45(58)50-36(4)46(59)52-42(47(60)51-40-27-29-41(55)30-28-40)32-44(57)53-48(37-18-10-7-11-19-37,38-20-12-8-13-21-38)39-22-14-9-15-23-39/h7-15,18-23,25-30,35-36,42,55H,1-2,5-6,16-17,24,31-32H2,3-4H3,(H,49,56)(H,50,58)(H,51,60)(H,52,59)(H,53,57)/t35-,36-,42-/m0/s1. The zero-order valence-electron chi connectivity index (χ0n) is 34.2. The highest BCUT2D eigenvalue weighted by Crippen LogP contribution is 2.37. The molecule has 0 radical (unpaired) electrons. The summed E-state index contributed by atoms with van der Waals surface area (Å²) in [5.41, 5.74) is 1.46. The van der Waals surface area contributed by atoms with E-state index in [0.29, 0.717) is 12.1 Å². The number of unbranched alkanes of at least 4 members (excludes halogenated alkanes) is 3. The number of carbonyl (C=O) groups excluding carboxylic acids is 5. The Morgan fingerprint density at radius 2 is 1.07 bits per heavy atom. The smallest absolute Gasteiger partial charge is 0.247 e. The third kappa shape index (κ3) is 11.8. The number of amides is 5. The quantitative estimate of drug-likeness (QED) is 0.0382. The fraction of sp³-hybridized carbons (Fsp3) is 0.271. The van der Waals surface area contributed by atoms with Crippen LogP contribution in [0.3, 0.4) is 0 Å². The fourth-order valence-electron chi connectivity index (χ4n) is 7.04. The number of carbonyl (C=O) groups is 5. The molecule has 0 spiro atoms. The molecule has 0 aliphatic carbocycles. The zero-order valence-corrected chi connectivity index (χ0v) is 34.2. The van der Waals surface area contributed by atoms with Crippen molar-refractivity contribution in [3.8, 4) is 5.75 Å². The molecule has 4 aromatic carbocycles. The van der Waals surface area contributed by atoms with Gasteiger partial charge in [0, 0.05) is 29.4 Å². The van der Waals surface area contributed by atoms with Gasteiger partial charge in [-0.15, -0.1) is 0 Å². The number of nitrogens with one attached hydrogen (secondary N) is 5. The van der Waals surface area contributed by atoms with Crippen LogP contribution in [0.2, 0.25) is 0 Å². The van der Waals surface area contributed by atoms with Gasteiger partial charge in [-0.25, -0.2) is 0 Å². The predicted molar refractivity (Wildman–Crippen MR) is 234 cm³/mol. The minimum atomic E-state index is -1.40. The van der Waals surface area contributed by atoms with Crippen LogP contribution in [0.5, 0.6) is 5.75 Å². The molecular formula is C48H54N6O6. The predicted octanol–water partition coefficient (Wildman–Crippen LogP) is 4.60. The first kappa shape index (κ1) is 44.2. The van der Waals surface area contributed by atoms with Gasteiger partial charge in [0.15, 0.2) is 0 Å². The van der Waals surface area contributed by atoms with E-state index in [0.717, 1.165) is 53.2 Å². The Morgan fingerprint density at radius 3 is 1.60 bits per heavy atom. The van der Waals surface area contributed by atoms with Crippen molar-refractivity contribution in [2.24, 2.45) is 0 Å². The number of phenols is 1. The van der Waals surface area contributed by atoms with Crippen molar-refractivity contribution in [1.82, 2.24) is 25.8 Å². The first-order valence-corrected chi connectivity index (χ1v) is 20.2. The molecule has 0 unspecified atom stereocenters. The molecule has 5 amide bonds. The lowest BCUT2D eigenvalue weighted by molar-refractivity contribution is -0.133. The van der Waals surface area contributed by atoms with Crippen LogP contribution in [0.1, 0.15) is 69.1 Å². The molecule has 0 bridgehead atoms. The van der Waals surface area contributed by atoms with Crippen LogP contribution in [0.4, 0.5) is 5.69 Å². The Morgan fingerprint density at radius 1 is 0.583 bits per heavy atom. The lowest BCUT2D eigenvalue weighted by Crippen LogP contribution is -2.56. The molecular weight excluding hydrogens is 757 g/mol. The monoisotopic (exact) mass is 810 g/mol. The Kier molecular flexibility index (Phi) is 15.6. The molecule has 0 saturated carbocycles. The SMILES string of the molecule is C=c1ccc(=C)n1CCCCCCC(=O)N[C@@H](C)C(=O)N[C@@H](C)C(=O)N[C@@H](CC(=O)NC(c1ccccc1)(c1ccccc1)c1ccccc1)C(=O)Nc1ccc(O)cc1. The Balaban J connectivity index is 1.24. The number of aromatic nitrogens is 1. The van der Waals surface area contributed by atoms with Crippen LogP contribution < -0.4 is 37.3 Å². The molecule has 1 aromatic heterocycles. The summed E-state index contributed by atoms with van der Waals surface area (Å²) in [6.07, 6.45) is 3.13. The van der Waals surface area contributed by atoms with E-state index in [-0.39, 0.29) is 18.1 Å². The van der Waals surface area contributed by atoms with Crippen LogP contribution >= 0.6 is 0 Å². The maximum atomic E-state index is 14.3. The average molecular weight is 811 g/mol. The van der Waals surface area contributed by atoms with Crippen molar-refractivity contribution in [2.75, 3.05) is 5.32 Å². The number of benzene rings is 4. The molecule has 1 heterocycles. The summed E-state index contributed by atoms with van der Waals surface area (Å²) >= 11 is 0. The van der Waals surface area contributed by atoms with E-state index in [1.807, 2.05) is 103 Å². The van der Waals surface area contributed by atoms with Crippen LogP contribution in [0.15, 0.2) is 127 Å². The minimum absolute atomic E-state index is 0.00739. The Bertz CT molecular complexity index is 2190. The van der Waals surface area contributed by atoms with Gasteiger partial charge in [0.1, 0.15) is 29.4 Å². The molecule has 6 N–H and O–H groups in total. The highest BCUT2D eigenvalue weighted by Gasteiger charge is 2.39. The van der Waals surface area contributed by atoms with Gasteiger partial charge in [-0.05, 0) is 79.8 Å². The number of rotatable bonds is 20. The maximum Gasteiger partial charge on any atom is 0.247 e. The summed E-state index contributed by atoms with van der Waals surface area (Å²) in [5, 5.41) is 25.5. The lowest BCUT2D eigenvalue weighted by atomic mass is 9.77. The van der Waals surface area contributed by atoms with Gasteiger partial charge >= 0.3 is 0 Å². The van der Waals surface area contributed by atoms with Crippen molar-refractivity contribution in [3.63, 3.8) is 0 Å². The number of hydrogen-bond donors (Lipinski definition) is 6. The second-order valence-corrected chi connectivity index (χ2v) is 14.8. The summed E-state index contributed by atoms with van der Waals surface area (Å²) in [4.78, 5) is 67.6. The number of aromatic hydroxyl groups is 1. The average Bonchev–Trinajstić information content (AvgIpc) is 3.57.